The van der Waals surface area contributed by atoms with Crippen molar-refractivity contribution in [1.29, 1.82) is 0 Å². The van der Waals surface area contributed by atoms with Gasteiger partial charge in [0, 0.05) is 24.1 Å². The van der Waals surface area contributed by atoms with Crippen molar-refractivity contribution in [1.82, 2.24) is 0 Å². The van der Waals surface area contributed by atoms with Gasteiger partial charge in [-0.25, -0.2) is 0 Å². The molecule has 0 bridgehead atoms. The standard InChI is InChI=1S/C13H17ClN2O4/c1-20-13(17)5-3-2-4-8-15-11-7-6-10(14)9-12(11)16(18)19/h6-7,9,15H,2-5,8H2,1H3. The first-order chi connectivity index (χ1) is 9.54. The molecule has 0 fully saturated rings. The van der Waals surface area contributed by atoms with E-state index < -0.39 is 4.92 Å². The highest BCUT2D eigenvalue weighted by atomic mass is 35.5. The number of rotatable bonds is 8. The maximum Gasteiger partial charge on any atom is 0.305 e. The topological polar surface area (TPSA) is 81.5 Å². The van der Waals surface area contributed by atoms with Crippen LogP contribution in [0.2, 0.25) is 5.02 Å². The molecule has 0 unspecified atom stereocenters. The summed E-state index contributed by atoms with van der Waals surface area (Å²) in [6.07, 6.45) is 2.81. The summed E-state index contributed by atoms with van der Waals surface area (Å²) in [5, 5.41) is 14.2. The molecule has 0 saturated carbocycles. The first kappa shape index (κ1) is 16.2. The highest BCUT2D eigenvalue weighted by Gasteiger charge is 2.13. The van der Waals surface area contributed by atoms with Crippen LogP contribution < -0.4 is 5.32 Å². The van der Waals surface area contributed by atoms with Crippen LogP contribution in [-0.4, -0.2) is 24.5 Å². The fourth-order valence-corrected chi connectivity index (χ4v) is 1.87. The number of methoxy groups -OCH3 is 1. The molecule has 1 aromatic rings. The monoisotopic (exact) mass is 300 g/mol. The molecule has 110 valence electrons. The third-order valence-corrected chi connectivity index (χ3v) is 2.99. The Labute approximate surface area is 122 Å². The molecule has 6 nitrogen and oxygen atoms in total. The molecule has 20 heavy (non-hydrogen) atoms. The number of carbonyl (C=O) groups is 1. The second kappa shape index (κ2) is 8.37. The summed E-state index contributed by atoms with van der Waals surface area (Å²) in [5.41, 5.74) is 0.416. The molecule has 0 spiro atoms. The Morgan fingerprint density at radius 3 is 2.80 bits per heavy atom. The fourth-order valence-electron chi connectivity index (χ4n) is 1.70. The van der Waals surface area contributed by atoms with E-state index in [9.17, 15) is 14.9 Å². The van der Waals surface area contributed by atoms with Gasteiger partial charge in [0.15, 0.2) is 0 Å². The number of anilines is 1. The smallest absolute Gasteiger partial charge is 0.305 e. The summed E-state index contributed by atoms with van der Waals surface area (Å²) < 4.78 is 4.54. The third-order valence-electron chi connectivity index (χ3n) is 2.76. The Morgan fingerprint density at radius 2 is 2.15 bits per heavy atom. The zero-order valence-electron chi connectivity index (χ0n) is 11.2. The number of nitrogens with one attached hydrogen (secondary N) is 1. The van der Waals surface area contributed by atoms with Gasteiger partial charge in [0.25, 0.3) is 5.69 Å². The Kier molecular flexibility index (Phi) is 6.79. The van der Waals surface area contributed by atoms with Crippen molar-refractivity contribution in [3.8, 4) is 0 Å². The number of nitro groups is 1. The predicted molar refractivity (Wildman–Crippen MR) is 77.1 cm³/mol. The Hall–Kier alpha value is -1.82. The summed E-state index contributed by atoms with van der Waals surface area (Å²) in [7, 11) is 1.36. The van der Waals surface area contributed by atoms with E-state index in [0.29, 0.717) is 23.7 Å². The van der Waals surface area contributed by atoms with Crippen molar-refractivity contribution in [2.45, 2.75) is 25.7 Å². The first-order valence-corrected chi connectivity index (χ1v) is 6.67. The molecule has 1 N–H and O–H groups in total. The first-order valence-electron chi connectivity index (χ1n) is 6.29. The molecule has 0 heterocycles. The minimum atomic E-state index is -0.467. The van der Waals surface area contributed by atoms with E-state index in [-0.39, 0.29) is 11.7 Å². The fraction of sp³-hybridized carbons (Fsp3) is 0.462. The lowest BCUT2D eigenvalue weighted by atomic mass is 10.2. The quantitative estimate of drug-likeness (QED) is 0.344. The van der Waals surface area contributed by atoms with Crippen molar-refractivity contribution < 1.29 is 14.5 Å². The van der Waals surface area contributed by atoms with Crippen LogP contribution in [0.25, 0.3) is 0 Å². The molecule has 0 aliphatic heterocycles. The number of nitrogens with zero attached hydrogens (tertiary/aromatic N) is 1. The van der Waals surface area contributed by atoms with Crippen LogP contribution in [0, 0.1) is 10.1 Å². The van der Waals surface area contributed by atoms with Crippen molar-refractivity contribution in [2.75, 3.05) is 19.0 Å². The average Bonchev–Trinajstić information content (AvgIpc) is 2.43. The van der Waals surface area contributed by atoms with Gasteiger partial charge in [-0.15, -0.1) is 0 Å². The number of benzene rings is 1. The number of esters is 1. The van der Waals surface area contributed by atoms with Crippen LogP contribution in [0.4, 0.5) is 11.4 Å². The predicted octanol–water partition coefficient (Wildman–Crippen LogP) is 3.39. The van der Waals surface area contributed by atoms with Crippen LogP contribution >= 0.6 is 11.6 Å². The summed E-state index contributed by atoms with van der Waals surface area (Å²) in [6.45, 7) is 0.601. The molecular formula is C13H17ClN2O4. The number of nitro benzene ring substituents is 1. The molecule has 7 heteroatoms. The van der Waals surface area contributed by atoms with Crippen molar-refractivity contribution in [3.05, 3.63) is 33.3 Å². The Morgan fingerprint density at radius 1 is 1.40 bits per heavy atom. The normalized spacial score (nSPS) is 10.1. The van der Waals surface area contributed by atoms with Gasteiger partial charge in [-0.1, -0.05) is 18.0 Å². The van der Waals surface area contributed by atoms with Crippen molar-refractivity contribution >= 4 is 28.9 Å². The largest absolute Gasteiger partial charge is 0.469 e. The van der Waals surface area contributed by atoms with Crippen LogP contribution in [0.5, 0.6) is 0 Å². The number of unbranched alkanes of at least 4 members (excludes halogenated alkanes) is 2. The second-order valence-electron chi connectivity index (χ2n) is 4.23. The van der Waals surface area contributed by atoms with Gasteiger partial charge in [-0.2, -0.15) is 0 Å². The molecular weight excluding hydrogens is 284 g/mol. The third kappa shape index (κ3) is 5.44. The number of hydrogen-bond donors (Lipinski definition) is 1. The van der Waals surface area contributed by atoms with E-state index in [0.717, 1.165) is 19.3 Å². The SMILES string of the molecule is COC(=O)CCCCCNc1ccc(Cl)cc1[N+](=O)[O-]. The summed E-state index contributed by atoms with van der Waals surface area (Å²) in [4.78, 5) is 21.3. The minimum absolute atomic E-state index is 0.0351. The van der Waals surface area contributed by atoms with E-state index in [2.05, 4.69) is 10.1 Å². The van der Waals surface area contributed by atoms with Crippen LogP contribution in [-0.2, 0) is 9.53 Å². The molecule has 0 aromatic heterocycles. The molecule has 0 aliphatic carbocycles. The van der Waals surface area contributed by atoms with Gasteiger partial charge >= 0.3 is 5.97 Å². The van der Waals surface area contributed by atoms with Crippen LogP contribution in [0.1, 0.15) is 25.7 Å². The molecule has 1 rings (SSSR count). The minimum Gasteiger partial charge on any atom is -0.469 e. The number of carbonyl (C=O) groups excluding carboxylic acids is 1. The number of halogens is 1. The molecule has 0 radical (unpaired) electrons. The Balaban J connectivity index is 2.35. The molecule has 0 atom stereocenters. The maximum absolute atomic E-state index is 10.9. The van der Waals surface area contributed by atoms with E-state index >= 15 is 0 Å². The average molecular weight is 301 g/mol. The molecule has 0 amide bonds. The van der Waals surface area contributed by atoms with Crippen molar-refractivity contribution in [3.63, 3.8) is 0 Å². The highest BCUT2D eigenvalue weighted by molar-refractivity contribution is 6.30. The maximum atomic E-state index is 10.9. The van der Waals surface area contributed by atoms with Gasteiger partial charge in [0.05, 0.1) is 12.0 Å². The lowest BCUT2D eigenvalue weighted by Crippen LogP contribution is -2.05. The second-order valence-corrected chi connectivity index (χ2v) is 4.67. The van der Waals surface area contributed by atoms with E-state index in [1.807, 2.05) is 0 Å². The van der Waals surface area contributed by atoms with Gasteiger partial charge in [0.2, 0.25) is 0 Å². The number of hydrogen-bond acceptors (Lipinski definition) is 5. The summed E-state index contributed by atoms with van der Waals surface area (Å²) in [6, 6.07) is 4.52. The highest BCUT2D eigenvalue weighted by Crippen LogP contribution is 2.27. The molecule has 0 saturated heterocycles. The lowest BCUT2D eigenvalue weighted by Gasteiger charge is -2.07. The number of ether oxygens (including phenoxy) is 1. The van der Waals surface area contributed by atoms with Crippen LogP contribution in [0.15, 0.2) is 18.2 Å². The Bertz CT molecular complexity index is 479. The van der Waals surface area contributed by atoms with Crippen molar-refractivity contribution in [2.24, 2.45) is 0 Å². The summed E-state index contributed by atoms with van der Waals surface area (Å²) >= 11 is 5.73. The molecule has 1 aromatic carbocycles. The van der Waals surface area contributed by atoms with Crippen LogP contribution in [0.3, 0.4) is 0 Å². The lowest BCUT2D eigenvalue weighted by molar-refractivity contribution is -0.383. The van der Waals surface area contributed by atoms with Gasteiger partial charge < -0.3 is 10.1 Å². The van der Waals surface area contributed by atoms with E-state index in [1.165, 1.54) is 13.2 Å². The van der Waals surface area contributed by atoms with E-state index in [1.54, 1.807) is 12.1 Å². The van der Waals surface area contributed by atoms with E-state index in [4.69, 9.17) is 11.6 Å². The zero-order chi connectivity index (χ0) is 15.0. The summed E-state index contributed by atoms with van der Waals surface area (Å²) in [5.74, 6) is -0.216. The van der Waals surface area contributed by atoms with Gasteiger partial charge in [0.1, 0.15) is 5.69 Å². The zero-order valence-corrected chi connectivity index (χ0v) is 12.0. The van der Waals surface area contributed by atoms with Gasteiger partial charge in [-0.05, 0) is 25.0 Å². The molecule has 0 aliphatic rings. The van der Waals surface area contributed by atoms with Gasteiger partial charge in [-0.3, -0.25) is 14.9 Å².